The topological polar surface area (TPSA) is 90.2 Å². The minimum Gasteiger partial charge on any atom is -0.383 e. The first-order valence-electron chi connectivity index (χ1n) is 10.4. The molecule has 12 heteroatoms. The summed E-state index contributed by atoms with van der Waals surface area (Å²) in [6, 6.07) is 9.15. The third-order valence-electron chi connectivity index (χ3n) is 5.04. The molecule has 0 radical (unpaired) electrons. The van der Waals surface area contributed by atoms with Gasteiger partial charge in [0.25, 0.3) is 5.91 Å². The smallest absolute Gasteiger partial charge is 0.279 e. The van der Waals surface area contributed by atoms with Gasteiger partial charge in [0.05, 0.1) is 33.3 Å². The van der Waals surface area contributed by atoms with Gasteiger partial charge in [0, 0.05) is 44.4 Å². The highest BCUT2D eigenvalue weighted by Crippen LogP contribution is 2.29. The lowest BCUT2D eigenvalue weighted by atomic mass is 10.2. The molecule has 0 bridgehead atoms. The van der Waals surface area contributed by atoms with Crippen LogP contribution >= 0.6 is 34.5 Å². The number of aromatic nitrogens is 1. The molecule has 1 heterocycles. The Morgan fingerprint density at radius 2 is 1.71 bits per heavy atom. The lowest BCUT2D eigenvalue weighted by Gasteiger charge is -2.21. The number of methoxy groups -OCH3 is 2. The van der Waals surface area contributed by atoms with Crippen molar-refractivity contribution in [3.05, 3.63) is 56.8 Å². The number of benzene rings is 2. The number of hydrogen-bond acceptors (Lipinski definition) is 6. The first-order valence-corrected chi connectivity index (χ1v) is 13.4. The summed E-state index contributed by atoms with van der Waals surface area (Å²) in [5, 5.41) is 0.984. The Morgan fingerprint density at radius 1 is 1.09 bits per heavy atom. The molecule has 0 fully saturated rings. The second-order valence-electron chi connectivity index (χ2n) is 7.19. The molecule has 0 unspecified atom stereocenters. The molecule has 0 aliphatic carbocycles. The molecular weight excluding hydrogens is 521 g/mol. The van der Waals surface area contributed by atoms with E-state index in [9.17, 15) is 13.2 Å². The molecular formula is C22H25Cl2N3O5S2. The fraction of sp³-hybridized carbons (Fsp3) is 0.364. The Morgan fingerprint density at radius 3 is 2.26 bits per heavy atom. The number of sulfonamides is 1. The van der Waals surface area contributed by atoms with Crippen molar-refractivity contribution in [2.24, 2.45) is 4.99 Å². The lowest BCUT2D eigenvalue weighted by molar-refractivity contribution is 0.0997. The van der Waals surface area contributed by atoms with Crippen molar-refractivity contribution in [1.29, 1.82) is 0 Å². The van der Waals surface area contributed by atoms with E-state index in [0.29, 0.717) is 21.4 Å². The molecule has 0 N–H and O–H groups in total. The SMILES string of the molecule is CCn1c(=NC(=O)c2ccc(S(=O)(=O)N(CCOC)CCOC)cc2)sc2cc(Cl)cc(Cl)c21. The Kier molecular flexibility index (Phi) is 9.27. The molecule has 8 nitrogen and oxygen atoms in total. The van der Waals surface area contributed by atoms with Gasteiger partial charge in [0.15, 0.2) is 4.80 Å². The van der Waals surface area contributed by atoms with Crippen molar-refractivity contribution >= 4 is 60.7 Å². The first kappa shape index (κ1) is 26.8. The predicted molar refractivity (Wildman–Crippen MR) is 134 cm³/mol. The van der Waals surface area contributed by atoms with Crippen LogP contribution in [0, 0.1) is 0 Å². The van der Waals surface area contributed by atoms with E-state index in [1.807, 2.05) is 11.5 Å². The average molecular weight is 546 g/mol. The van der Waals surface area contributed by atoms with Gasteiger partial charge in [-0.15, -0.1) is 0 Å². The number of ether oxygens (including phenoxy) is 2. The minimum atomic E-state index is -3.78. The highest BCUT2D eigenvalue weighted by Gasteiger charge is 2.24. The van der Waals surface area contributed by atoms with Gasteiger partial charge >= 0.3 is 0 Å². The number of halogens is 2. The summed E-state index contributed by atoms with van der Waals surface area (Å²) in [6.45, 7) is 3.37. The van der Waals surface area contributed by atoms with Gasteiger partial charge in [0.1, 0.15) is 0 Å². The fourth-order valence-electron chi connectivity index (χ4n) is 3.32. The second kappa shape index (κ2) is 11.8. The van der Waals surface area contributed by atoms with Crippen LogP contribution in [-0.2, 0) is 26.0 Å². The molecule has 34 heavy (non-hydrogen) atoms. The summed E-state index contributed by atoms with van der Waals surface area (Å²) < 4.78 is 40.1. The van der Waals surface area contributed by atoms with Crippen LogP contribution in [0.25, 0.3) is 10.2 Å². The Labute approximate surface area is 212 Å². The Balaban J connectivity index is 1.92. The number of thiazole rings is 1. The van der Waals surface area contributed by atoms with Crippen LogP contribution in [0.15, 0.2) is 46.3 Å². The van der Waals surface area contributed by atoms with Crippen molar-refractivity contribution < 1.29 is 22.7 Å². The molecule has 0 aliphatic rings. The summed E-state index contributed by atoms with van der Waals surface area (Å²) in [6.07, 6.45) is 0. The molecule has 184 valence electrons. The monoisotopic (exact) mass is 545 g/mol. The molecule has 3 aromatic rings. The van der Waals surface area contributed by atoms with E-state index in [4.69, 9.17) is 32.7 Å². The van der Waals surface area contributed by atoms with Gasteiger partial charge in [-0.3, -0.25) is 4.79 Å². The number of hydrogen-bond donors (Lipinski definition) is 0. The molecule has 0 aliphatic heterocycles. The van der Waals surface area contributed by atoms with Gasteiger partial charge in [-0.1, -0.05) is 34.5 Å². The third-order valence-corrected chi connectivity index (χ3v) is 8.48. The van der Waals surface area contributed by atoms with Crippen molar-refractivity contribution in [3.8, 4) is 0 Å². The zero-order valence-electron chi connectivity index (χ0n) is 19.0. The van der Waals surface area contributed by atoms with Crippen molar-refractivity contribution in [1.82, 2.24) is 8.87 Å². The van der Waals surface area contributed by atoms with Crippen LogP contribution in [0.3, 0.4) is 0 Å². The largest absolute Gasteiger partial charge is 0.383 e. The molecule has 1 aromatic heterocycles. The number of carbonyl (C=O) groups excluding carboxylic acids is 1. The van der Waals surface area contributed by atoms with E-state index in [2.05, 4.69) is 4.99 Å². The van der Waals surface area contributed by atoms with E-state index in [1.165, 1.54) is 54.1 Å². The van der Waals surface area contributed by atoms with Crippen molar-refractivity contribution in [2.45, 2.75) is 18.4 Å². The van der Waals surface area contributed by atoms with E-state index in [-0.39, 0.29) is 36.8 Å². The average Bonchev–Trinajstić information content (AvgIpc) is 3.16. The van der Waals surface area contributed by atoms with Gasteiger partial charge in [-0.2, -0.15) is 9.30 Å². The van der Waals surface area contributed by atoms with E-state index in [1.54, 1.807) is 12.1 Å². The van der Waals surface area contributed by atoms with Crippen LogP contribution in [-0.4, -0.2) is 63.7 Å². The lowest BCUT2D eigenvalue weighted by Crippen LogP contribution is -2.36. The third kappa shape index (κ3) is 5.88. The zero-order chi connectivity index (χ0) is 24.9. The van der Waals surface area contributed by atoms with Crippen LogP contribution in [0.5, 0.6) is 0 Å². The molecule has 0 saturated carbocycles. The maximum atomic E-state index is 13.0. The number of amides is 1. The van der Waals surface area contributed by atoms with Crippen LogP contribution in [0.1, 0.15) is 17.3 Å². The quantitative estimate of drug-likeness (QED) is 0.383. The number of fused-ring (bicyclic) bond motifs is 1. The molecule has 0 spiro atoms. The molecule has 3 rings (SSSR count). The molecule has 0 saturated heterocycles. The van der Waals surface area contributed by atoms with Crippen LogP contribution in [0.2, 0.25) is 10.0 Å². The number of rotatable bonds is 10. The van der Waals surface area contributed by atoms with Crippen LogP contribution in [0.4, 0.5) is 0 Å². The summed E-state index contributed by atoms with van der Waals surface area (Å²) in [5.74, 6) is -0.490. The van der Waals surface area contributed by atoms with E-state index >= 15 is 0 Å². The zero-order valence-corrected chi connectivity index (χ0v) is 22.1. The summed E-state index contributed by atoms with van der Waals surface area (Å²) in [4.78, 5) is 17.7. The van der Waals surface area contributed by atoms with E-state index < -0.39 is 15.9 Å². The molecule has 2 aromatic carbocycles. The Hall–Kier alpha value is -1.79. The highest BCUT2D eigenvalue weighted by molar-refractivity contribution is 7.89. The van der Waals surface area contributed by atoms with Crippen molar-refractivity contribution in [2.75, 3.05) is 40.5 Å². The first-order chi connectivity index (χ1) is 16.2. The second-order valence-corrected chi connectivity index (χ2v) is 11.0. The van der Waals surface area contributed by atoms with Gasteiger partial charge in [-0.25, -0.2) is 8.42 Å². The normalized spacial score (nSPS) is 12.7. The maximum absolute atomic E-state index is 13.0. The highest BCUT2D eigenvalue weighted by atomic mass is 35.5. The van der Waals surface area contributed by atoms with E-state index in [0.717, 1.165) is 10.2 Å². The van der Waals surface area contributed by atoms with Gasteiger partial charge in [0.2, 0.25) is 10.0 Å². The summed E-state index contributed by atoms with van der Waals surface area (Å²) >= 11 is 13.8. The number of carbonyl (C=O) groups is 1. The van der Waals surface area contributed by atoms with Gasteiger partial charge in [-0.05, 0) is 43.3 Å². The Bertz CT molecular complexity index is 1330. The minimum absolute atomic E-state index is 0.0724. The van der Waals surface area contributed by atoms with Gasteiger partial charge < -0.3 is 14.0 Å². The molecule has 0 atom stereocenters. The number of aryl methyl sites for hydroxylation is 1. The molecule has 1 amide bonds. The standard InChI is InChI=1S/C22H25Cl2N3O5S2/c1-4-27-20-18(24)13-16(23)14-19(20)33-22(27)25-21(28)15-5-7-17(8-6-15)34(29,30)26(9-11-31-2)10-12-32-3/h5-8,13-14H,4,9-12H2,1-3H3. The number of nitrogens with zero attached hydrogens (tertiary/aromatic N) is 3. The predicted octanol–water partition coefficient (Wildman–Crippen LogP) is 4.05. The summed E-state index contributed by atoms with van der Waals surface area (Å²) in [5.41, 5.74) is 1.03. The van der Waals surface area contributed by atoms with Crippen LogP contribution < -0.4 is 4.80 Å². The fourth-order valence-corrected chi connectivity index (χ4v) is 6.60. The maximum Gasteiger partial charge on any atom is 0.279 e. The van der Waals surface area contributed by atoms with Crippen molar-refractivity contribution in [3.63, 3.8) is 0 Å². The summed E-state index contributed by atoms with van der Waals surface area (Å²) in [7, 11) is -0.769.